The molecule has 3 N–H and O–H groups in total. The minimum absolute atomic E-state index is 0.0290. The molecule has 0 spiro atoms. The summed E-state index contributed by atoms with van der Waals surface area (Å²) in [7, 11) is 0. The molecule has 0 aliphatic carbocycles. The minimum atomic E-state index is -0.384. The lowest BCUT2D eigenvalue weighted by Gasteiger charge is -2.24. The maximum atomic E-state index is 12.0. The molecule has 0 saturated carbocycles. The molecule has 0 aromatic rings. The van der Waals surface area contributed by atoms with Gasteiger partial charge in [-0.1, -0.05) is 0 Å². The zero-order chi connectivity index (χ0) is 10.8. The Balaban J connectivity index is 2.02. The first-order valence-corrected chi connectivity index (χ1v) is 6.26. The van der Waals surface area contributed by atoms with Gasteiger partial charge in [0.2, 0.25) is 11.8 Å². The highest BCUT2D eigenvalue weighted by molar-refractivity contribution is 7.99. The largest absolute Gasteiger partial charge is 0.368 e. The number of primary amides is 1. The van der Waals surface area contributed by atoms with E-state index in [9.17, 15) is 9.59 Å². The van der Waals surface area contributed by atoms with Gasteiger partial charge in [-0.05, 0) is 12.8 Å². The Labute approximate surface area is 92.7 Å². The fourth-order valence-corrected chi connectivity index (χ4v) is 3.01. The molecule has 84 valence electrons. The molecule has 2 unspecified atom stereocenters. The van der Waals surface area contributed by atoms with Crippen LogP contribution in [0.2, 0.25) is 0 Å². The number of amides is 2. The molecule has 0 aromatic heterocycles. The van der Waals surface area contributed by atoms with E-state index in [1.807, 2.05) is 0 Å². The lowest BCUT2D eigenvalue weighted by atomic mass is 10.2. The van der Waals surface area contributed by atoms with E-state index in [-0.39, 0.29) is 23.9 Å². The predicted molar refractivity (Wildman–Crippen MR) is 58.2 cm³/mol. The predicted octanol–water partition coefficient (Wildman–Crippen LogP) is -0.875. The average molecular weight is 229 g/mol. The molecule has 2 fully saturated rings. The van der Waals surface area contributed by atoms with Crippen molar-refractivity contribution >= 4 is 23.6 Å². The van der Waals surface area contributed by atoms with Crippen molar-refractivity contribution in [2.24, 2.45) is 5.73 Å². The van der Waals surface area contributed by atoms with Crippen LogP contribution in [0.15, 0.2) is 0 Å². The van der Waals surface area contributed by atoms with Gasteiger partial charge in [-0.3, -0.25) is 14.9 Å². The van der Waals surface area contributed by atoms with E-state index in [1.165, 1.54) is 0 Å². The molecule has 2 heterocycles. The second kappa shape index (κ2) is 4.40. The number of nitrogens with one attached hydrogen (secondary N) is 1. The van der Waals surface area contributed by atoms with Gasteiger partial charge in [0, 0.05) is 18.2 Å². The highest BCUT2D eigenvalue weighted by Crippen LogP contribution is 2.20. The number of thioether (sulfide) groups is 1. The Morgan fingerprint density at radius 3 is 2.87 bits per heavy atom. The van der Waals surface area contributed by atoms with E-state index in [0.29, 0.717) is 13.0 Å². The topological polar surface area (TPSA) is 75.4 Å². The minimum Gasteiger partial charge on any atom is -0.368 e. The lowest BCUT2D eigenvalue weighted by molar-refractivity contribution is -0.138. The van der Waals surface area contributed by atoms with Crippen LogP contribution in [0.25, 0.3) is 0 Å². The normalized spacial score (nSPS) is 30.8. The highest BCUT2D eigenvalue weighted by Gasteiger charge is 2.36. The van der Waals surface area contributed by atoms with Crippen molar-refractivity contribution in [2.45, 2.75) is 24.9 Å². The maximum Gasteiger partial charge on any atom is 0.241 e. The zero-order valence-corrected chi connectivity index (χ0v) is 9.26. The number of hydrogen-bond donors (Lipinski definition) is 2. The summed E-state index contributed by atoms with van der Waals surface area (Å²) in [5.74, 6) is 1.25. The van der Waals surface area contributed by atoms with Crippen molar-refractivity contribution in [3.05, 3.63) is 0 Å². The monoisotopic (exact) mass is 229 g/mol. The molecule has 2 rings (SSSR count). The number of carbonyl (C=O) groups is 2. The molecule has 6 heteroatoms. The third-order valence-electron chi connectivity index (χ3n) is 2.88. The molecule has 2 aliphatic rings. The van der Waals surface area contributed by atoms with Gasteiger partial charge in [-0.2, -0.15) is 0 Å². The Kier molecular flexibility index (Phi) is 3.16. The van der Waals surface area contributed by atoms with E-state index >= 15 is 0 Å². The number of rotatable bonds is 2. The first-order valence-electron chi connectivity index (χ1n) is 5.11. The van der Waals surface area contributed by atoms with Gasteiger partial charge >= 0.3 is 0 Å². The Morgan fingerprint density at radius 1 is 1.47 bits per heavy atom. The molecular weight excluding hydrogens is 214 g/mol. The van der Waals surface area contributed by atoms with Gasteiger partial charge in [0.25, 0.3) is 0 Å². The first-order chi connectivity index (χ1) is 7.20. The average Bonchev–Trinajstić information content (AvgIpc) is 2.88. The molecule has 0 aromatic carbocycles. The van der Waals surface area contributed by atoms with Crippen LogP contribution in [-0.2, 0) is 9.59 Å². The second-order valence-corrected chi connectivity index (χ2v) is 4.89. The fourth-order valence-electron chi connectivity index (χ4n) is 2.08. The van der Waals surface area contributed by atoms with Crippen LogP contribution in [0.5, 0.6) is 0 Å². The Hall–Kier alpha value is -0.750. The van der Waals surface area contributed by atoms with Crippen molar-refractivity contribution in [3.8, 4) is 0 Å². The standard InChI is InChI=1S/C9H15N3O2S/c10-8(13)7-2-1-3-12(7)9(14)6-4-15-5-11-6/h6-7,11H,1-5H2,(H2,10,13). The summed E-state index contributed by atoms with van der Waals surface area (Å²) in [5, 5.41) is 3.11. The molecule has 2 aliphatic heterocycles. The summed E-state index contributed by atoms with van der Waals surface area (Å²) in [5.41, 5.74) is 5.27. The van der Waals surface area contributed by atoms with Gasteiger partial charge in [0.05, 0.1) is 6.04 Å². The number of nitrogens with two attached hydrogens (primary N) is 1. The van der Waals surface area contributed by atoms with Crippen LogP contribution >= 0.6 is 11.8 Å². The lowest BCUT2D eigenvalue weighted by Crippen LogP contribution is -2.50. The summed E-state index contributed by atoms with van der Waals surface area (Å²) >= 11 is 1.70. The molecule has 2 saturated heterocycles. The van der Waals surface area contributed by atoms with Crippen LogP contribution in [0.3, 0.4) is 0 Å². The number of nitrogens with zero attached hydrogens (tertiary/aromatic N) is 1. The molecular formula is C9H15N3O2S. The van der Waals surface area contributed by atoms with E-state index < -0.39 is 0 Å². The molecule has 0 bridgehead atoms. The quantitative estimate of drug-likeness (QED) is 0.645. The molecule has 0 radical (unpaired) electrons. The van der Waals surface area contributed by atoms with Crippen LogP contribution in [0.4, 0.5) is 0 Å². The van der Waals surface area contributed by atoms with Crippen molar-refractivity contribution in [2.75, 3.05) is 18.2 Å². The summed E-state index contributed by atoms with van der Waals surface area (Å²) < 4.78 is 0. The molecule has 5 nitrogen and oxygen atoms in total. The molecule has 2 amide bonds. The Morgan fingerprint density at radius 2 is 2.27 bits per heavy atom. The van der Waals surface area contributed by atoms with Gasteiger partial charge < -0.3 is 10.6 Å². The maximum absolute atomic E-state index is 12.0. The van der Waals surface area contributed by atoms with Crippen molar-refractivity contribution < 1.29 is 9.59 Å². The number of carbonyl (C=O) groups excluding carboxylic acids is 2. The first kappa shape index (κ1) is 10.8. The van der Waals surface area contributed by atoms with Gasteiger partial charge in [-0.15, -0.1) is 11.8 Å². The SMILES string of the molecule is NC(=O)C1CCCN1C(=O)C1CSCN1. The Bertz CT molecular complexity index is 279. The van der Waals surface area contributed by atoms with E-state index in [0.717, 1.165) is 18.1 Å². The van der Waals surface area contributed by atoms with Crippen molar-refractivity contribution in [1.29, 1.82) is 0 Å². The van der Waals surface area contributed by atoms with Gasteiger partial charge in [0.15, 0.2) is 0 Å². The summed E-state index contributed by atoms with van der Waals surface area (Å²) in [4.78, 5) is 24.8. The van der Waals surface area contributed by atoms with Crippen LogP contribution in [-0.4, -0.2) is 47.0 Å². The van der Waals surface area contributed by atoms with Crippen molar-refractivity contribution in [1.82, 2.24) is 10.2 Å². The number of likely N-dealkylation sites (tertiary alicyclic amines) is 1. The van der Waals surface area contributed by atoms with E-state index in [4.69, 9.17) is 5.73 Å². The van der Waals surface area contributed by atoms with Crippen LogP contribution in [0, 0.1) is 0 Å². The van der Waals surface area contributed by atoms with E-state index in [2.05, 4.69) is 5.32 Å². The molecule has 2 atom stereocenters. The summed E-state index contributed by atoms with van der Waals surface area (Å²) in [6.45, 7) is 0.662. The third kappa shape index (κ3) is 2.10. The zero-order valence-electron chi connectivity index (χ0n) is 8.44. The van der Waals surface area contributed by atoms with E-state index in [1.54, 1.807) is 16.7 Å². The highest BCUT2D eigenvalue weighted by atomic mass is 32.2. The molecule has 15 heavy (non-hydrogen) atoms. The fraction of sp³-hybridized carbons (Fsp3) is 0.778. The summed E-state index contributed by atoms with van der Waals surface area (Å²) in [6.07, 6.45) is 1.58. The van der Waals surface area contributed by atoms with Gasteiger partial charge in [0.1, 0.15) is 6.04 Å². The second-order valence-electron chi connectivity index (χ2n) is 3.86. The third-order valence-corrected chi connectivity index (χ3v) is 3.82. The van der Waals surface area contributed by atoms with Crippen LogP contribution < -0.4 is 11.1 Å². The van der Waals surface area contributed by atoms with Gasteiger partial charge in [-0.25, -0.2) is 0 Å². The van der Waals surface area contributed by atoms with Crippen molar-refractivity contribution in [3.63, 3.8) is 0 Å². The smallest absolute Gasteiger partial charge is 0.241 e. The number of hydrogen-bond acceptors (Lipinski definition) is 4. The summed E-state index contributed by atoms with van der Waals surface area (Å²) in [6, 6.07) is -0.514. The van der Waals surface area contributed by atoms with Crippen LogP contribution in [0.1, 0.15) is 12.8 Å².